The fraction of sp³-hybridized carbons (Fsp3) is 0.273. The van der Waals surface area contributed by atoms with Crippen molar-refractivity contribution in [3.63, 3.8) is 0 Å². The minimum Gasteiger partial charge on any atom is -0.343 e. The summed E-state index contributed by atoms with van der Waals surface area (Å²) in [5.74, 6) is 4.50. The van der Waals surface area contributed by atoms with Crippen molar-refractivity contribution < 1.29 is 27.2 Å². The van der Waals surface area contributed by atoms with Gasteiger partial charge in [-0.25, -0.2) is 4.39 Å². The number of nitrogens with one attached hydrogen (secondary N) is 2. The maximum Gasteiger partial charge on any atom is 0.416 e. The van der Waals surface area contributed by atoms with Gasteiger partial charge < -0.3 is 10.6 Å². The average molecular weight is 450 g/mol. The van der Waals surface area contributed by atoms with Crippen molar-refractivity contribution in [1.29, 1.82) is 0 Å². The summed E-state index contributed by atoms with van der Waals surface area (Å²) in [7, 11) is 0. The summed E-state index contributed by atoms with van der Waals surface area (Å²) >= 11 is 1.34. The maximum absolute atomic E-state index is 13.0. The fourth-order valence-corrected chi connectivity index (χ4v) is 4.09. The van der Waals surface area contributed by atoms with Crippen molar-refractivity contribution in [3.05, 3.63) is 71.0 Å². The highest BCUT2D eigenvalue weighted by molar-refractivity contribution is 8.00. The van der Waals surface area contributed by atoms with Crippen molar-refractivity contribution in [2.24, 2.45) is 0 Å². The van der Waals surface area contributed by atoms with Crippen molar-refractivity contribution in [1.82, 2.24) is 10.6 Å². The van der Waals surface area contributed by atoms with E-state index in [9.17, 15) is 27.2 Å². The summed E-state index contributed by atoms with van der Waals surface area (Å²) in [5.41, 5.74) is 0.219. The standard InChI is InChI=1S/C22H18F4N2O2S/c23-17-8-6-15(7-9-17)12-19-21(30)28-18(13-31-19)20(29)27-10-2-4-14-3-1-5-16(11-14)22(24,25)26/h1,3,5-9,11,18-19H,10,12-13H2,(H,27,29)(H,28,30). The fourth-order valence-electron chi connectivity index (χ4n) is 2.90. The Bertz CT molecular complexity index is 1010. The quantitative estimate of drug-likeness (QED) is 0.556. The first-order valence-electron chi connectivity index (χ1n) is 9.32. The summed E-state index contributed by atoms with van der Waals surface area (Å²) in [5, 5.41) is 4.84. The second-order valence-corrected chi connectivity index (χ2v) is 8.05. The Kier molecular flexibility index (Phi) is 7.23. The van der Waals surface area contributed by atoms with Crippen molar-refractivity contribution in [2.75, 3.05) is 12.3 Å². The predicted molar refractivity (Wildman–Crippen MR) is 110 cm³/mol. The zero-order valence-corrected chi connectivity index (χ0v) is 16.9. The largest absolute Gasteiger partial charge is 0.416 e. The van der Waals surface area contributed by atoms with E-state index in [1.165, 1.54) is 36.0 Å². The lowest BCUT2D eigenvalue weighted by molar-refractivity contribution is -0.137. The molecule has 0 aromatic heterocycles. The van der Waals surface area contributed by atoms with Crippen LogP contribution in [-0.2, 0) is 22.2 Å². The summed E-state index contributed by atoms with van der Waals surface area (Å²) in [6.07, 6.45) is -4.02. The highest BCUT2D eigenvalue weighted by Gasteiger charge is 2.32. The summed E-state index contributed by atoms with van der Waals surface area (Å²) < 4.78 is 51.1. The number of carbonyl (C=O) groups excluding carboxylic acids is 2. The molecule has 0 radical (unpaired) electrons. The Labute approximate surface area is 180 Å². The zero-order valence-electron chi connectivity index (χ0n) is 16.1. The van der Waals surface area contributed by atoms with Crippen LogP contribution in [-0.4, -0.2) is 35.4 Å². The SMILES string of the molecule is O=C(NCC#Cc1cccc(C(F)(F)F)c1)C1CSC(Cc2ccc(F)cc2)C(=O)N1. The second kappa shape index (κ2) is 9.88. The molecule has 2 aromatic carbocycles. The number of amides is 2. The molecule has 0 saturated carbocycles. The average Bonchev–Trinajstić information content (AvgIpc) is 2.73. The summed E-state index contributed by atoms with van der Waals surface area (Å²) in [4.78, 5) is 24.5. The van der Waals surface area contributed by atoms with Gasteiger partial charge in [0.05, 0.1) is 17.4 Å². The second-order valence-electron chi connectivity index (χ2n) is 6.81. The normalized spacial score (nSPS) is 18.5. The van der Waals surface area contributed by atoms with Gasteiger partial charge in [0.15, 0.2) is 0 Å². The third kappa shape index (κ3) is 6.49. The summed E-state index contributed by atoms with van der Waals surface area (Å²) in [6, 6.07) is 9.78. The van der Waals surface area contributed by atoms with Crippen LogP contribution in [0.4, 0.5) is 17.6 Å². The number of carbonyl (C=O) groups is 2. The van der Waals surface area contributed by atoms with Crippen LogP contribution in [0.25, 0.3) is 0 Å². The molecule has 2 amide bonds. The molecule has 1 aliphatic heterocycles. The molecular weight excluding hydrogens is 432 g/mol. The van der Waals surface area contributed by atoms with Crippen molar-refractivity contribution in [3.8, 4) is 11.8 Å². The van der Waals surface area contributed by atoms with E-state index in [1.54, 1.807) is 12.1 Å². The minimum absolute atomic E-state index is 0.0644. The van der Waals surface area contributed by atoms with Crippen LogP contribution in [0.3, 0.4) is 0 Å². The van der Waals surface area contributed by atoms with E-state index < -0.39 is 23.7 Å². The van der Waals surface area contributed by atoms with E-state index >= 15 is 0 Å². The van der Waals surface area contributed by atoms with Crippen molar-refractivity contribution in [2.45, 2.75) is 23.9 Å². The molecule has 3 rings (SSSR count). The van der Waals surface area contributed by atoms with Crippen LogP contribution in [0.1, 0.15) is 16.7 Å². The molecule has 4 nitrogen and oxygen atoms in total. The predicted octanol–water partition coefficient (Wildman–Crippen LogP) is 3.16. The van der Waals surface area contributed by atoms with Crippen LogP contribution in [0.2, 0.25) is 0 Å². The number of thioether (sulfide) groups is 1. The number of benzene rings is 2. The van der Waals surface area contributed by atoms with Gasteiger partial charge in [-0.3, -0.25) is 9.59 Å². The number of hydrogen-bond donors (Lipinski definition) is 2. The number of hydrogen-bond acceptors (Lipinski definition) is 3. The molecule has 2 N–H and O–H groups in total. The topological polar surface area (TPSA) is 58.2 Å². The van der Waals surface area contributed by atoms with Crippen LogP contribution < -0.4 is 10.6 Å². The van der Waals surface area contributed by atoms with E-state index in [4.69, 9.17) is 0 Å². The Morgan fingerprint density at radius 2 is 1.94 bits per heavy atom. The lowest BCUT2D eigenvalue weighted by Gasteiger charge is -2.28. The molecule has 0 spiro atoms. The molecule has 9 heteroatoms. The van der Waals surface area contributed by atoms with Gasteiger partial charge in [-0.15, -0.1) is 11.8 Å². The van der Waals surface area contributed by atoms with Gasteiger partial charge in [-0.05, 0) is 42.3 Å². The molecule has 1 fully saturated rings. The van der Waals surface area contributed by atoms with E-state index in [-0.39, 0.29) is 29.1 Å². The van der Waals surface area contributed by atoms with Crippen LogP contribution in [0.15, 0.2) is 48.5 Å². The zero-order chi connectivity index (χ0) is 22.4. The van der Waals surface area contributed by atoms with Gasteiger partial charge >= 0.3 is 6.18 Å². The van der Waals surface area contributed by atoms with Gasteiger partial charge in [-0.2, -0.15) is 13.2 Å². The van der Waals surface area contributed by atoms with E-state index in [0.717, 1.165) is 17.7 Å². The van der Waals surface area contributed by atoms with Gasteiger partial charge in [0.1, 0.15) is 11.9 Å². The van der Waals surface area contributed by atoms with Gasteiger partial charge in [0.25, 0.3) is 0 Å². The molecule has 2 atom stereocenters. The van der Waals surface area contributed by atoms with Gasteiger partial charge in [-0.1, -0.05) is 30.0 Å². The molecular formula is C22H18F4N2O2S. The molecule has 162 valence electrons. The Morgan fingerprint density at radius 1 is 1.19 bits per heavy atom. The first-order chi connectivity index (χ1) is 14.7. The Balaban J connectivity index is 1.48. The van der Waals surface area contributed by atoms with Crippen LogP contribution >= 0.6 is 11.8 Å². The van der Waals surface area contributed by atoms with Gasteiger partial charge in [0, 0.05) is 11.3 Å². The number of rotatable bonds is 4. The number of halogens is 4. The third-order valence-electron chi connectivity index (χ3n) is 4.50. The van der Waals surface area contributed by atoms with Crippen molar-refractivity contribution >= 4 is 23.6 Å². The molecule has 2 aromatic rings. The molecule has 0 bridgehead atoms. The van der Waals surface area contributed by atoms with E-state index in [1.807, 2.05) is 0 Å². The lowest BCUT2D eigenvalue weighted by atomic mass is 10.1. The first-order valence-corrected chi connectivity index (χ1v) is 10.4. The van der Waals surface area contributed by atoms with E-state index in [2.05, 4.69) is 22.5 Å². The smallest absolute Gasteiger partial charge is 0.343 e. The molecule has 31 heavy (non-hydrogen) atoms. The molecule has 1 saturated heterocycles. The minimum atomic E-state index is -4.45. The van der Waals surface area contributed by atoms with Gasteiger partial charge in [0.2, 0.25) is 11.8 Å². The monoisotopic (exact) mass is 450 g/mol. The molecule has 1 heterocycles. The molecule has 1 aliphatic rings. The lowest BCUT2D eigenvalue weighted by Crippen LogP contribution is -2.54. The van der Waals surface area contributed by atoms with Crippen LogP contribution in [0.5, 0.6) is 0 Å². The molecule has 2 unspecified atom stereocenters. The van der Waals surface area contributed by atoms with E-state index in [0.29, 0.717) is 12.2 Å². The maximum atomic E-state index is 13.0. The Hall–Kier alpha value is -2.99. The highest BCUT2D eigenvalue weighted by Crippen LogP contribution is 2.29. The number of alkyl halides is 3. The highest BCUT2D eigenvalue weighted by atomic mass is 32.2. The third-order valence-corrected chi connectivity index (χ3v) is 5.81. The Morgan fingerprint density at radius 3 is 2.61 bits per heavy atom. The first kappa shape index (κ1) is 22.7. The van der Waals surface area contributed by atoms with Crippen LogP contribution in [0, 0.1) is 17.7 Å². The molecule has 0 aliphatic carbocycles. The summed E-state index contributed by atoms with van der Waals surface area (Å²) in [6.45, 7) is -0.0644.